The Bertz CT molecular complexity index is 328. The monoisotopic (exact) mass is 195 g/mol. The molecule has 0 amide bonds. The van der Waals surface area contributed by atoms with Gasteiger partial charge in [-0.3, -0.25) is 4.79 Å². The minimum Gasteiger partial charge on any atom is -0.469 e. The summed E-state index contributed by atoms with van der Waals surface area (Å²) < 4.78 is 4.49. The average Bonchev–Trinajstić information content (AvgIpc) is 2.17. The van der Waals surface area contributed by atoms with E-state index in [1.165, 1.54) is 7.11 Å². The van der Waals surface area contributed by atoms with Crippen LogP contribution in [0.2, 0.25) is 0 Å². The number of nitrogen functional groups attached to an aromatic ring is 1. The molecule has 1 atom stereocenters. The minimum atomic E-state index is -0.467. The molecular formula is C9H13N3O2. The molecule has 1 rings (SSSR count). The van der Waals surface area contributed by atoms with Crippen LogP contribution in [0.25, 0.3) is 0 Å². The summed E-state index contributed by atoms with van der Waals surface area (Å²) in [6, 6.07) is 4.67. The third-order valence-electron chi connectivity index (χ3n) is 1.79. The summed E-state index contributed by atoms with van der Waals surface area (Å²) in [5.74, 6) is 0.0320. The van der Waals surface area contributed by atoms with Gasteiger partial charge >= 0.3 is 5.97 Å². The second-order valence-electron chi connectivity index (χ2n) is 2.87. The Balaban J connectivity index is 2.69. The normalized spacial score (nSPS) is 12.1. The number of esters is 1. The number of carbonyl (C=O) groups is 1. The van der Waals surface area contributed by atoms with E-state index in [0.717, 1.165) is 0 Å². The molecule has 0 saturated heterocycles. The van der Waals surface area contributed by atoms with Gasteiger partial charge in [-0.2, -0.15) is 0 Å². The van der Waals surface area contributed by atoms with E-state index in [1.807, 2.05) is 0 Å². The fourth-order valence-electron chi connectivity index (χ4n) is 1.04. The van der Waals surface area contributed by atoms with Gasteiger partial charge in [-0.15, -0.1) is 0 Å². The zero-order chi connectivity index (χ0) is 10.6. The molecule has 0 saturated carbocycles. The zero-order valence-electron chi connectivity index (χ0n) is 7.93. The van der Waals surface area contributed by atoms with Gasteiger partial charge in [0.2, 0.25) is 0 Å². The molecule has 0 aromatic carbocycles. The number of nitrogens with two attached hydrogens (primary N) is 2. The highest BCUT2D eigenvalue weighted by Crippen LogP contribution is 2.12. The summed E-state index contributed by atoms with van der Waals surface area (Å²) in [4.78, 5) is 14.9. The molecule has 0 aliphatic carbocycles. The lowest BCUT2D eigenvalue weighted by Crippen LogP contribution is -2.17. The number of hydrogen-bond donors (Lipinski definition) is 2. The first-order chi connectivity index (χ1) is 6.63. The Hall–Kier alpha value is -1.62. The number of pyridine rings is 1. The van der Waals surface area contributed by atoms with Crippen LogP contribution < -0.4 is 11.5 Å². The van der Waals surface area contributed by atoms with Crippen molar-refractivity contribution in [3.63, 3.8) is 0 Å². The number of methoxy groups -OCH3 is 1. The van der Waals surface area contributed by atoms with Crippen molar-refractivity contribution in [3.05, 3.63) is 23.9 Å². The summed E-state index contributed by atoms with van der Waals surface area (Å²) in [5, 5.41) is 0. The van der Waals surface area contributed by atoms with E-state index < -0.39 is 6.04 Å². The average molecular weight is 195 g/mol. The van der Waals surface area contributed by atoms with E-state index in [2.05, 4.69) is 9.72 Å². The van der Waals surface area contributed by atoms with Crippen LogP contribution in [0.5, 0.6) is 0 Å². The maximum atomic E-state index is 10.9. The number of hydrogen-bond acceptors (Lipinski definition) is 5. The molecule has 14 heavy (non-hydrogen) atoms. The number of aromatic nitrogens is 1. The van der Waals surface area contributed by atoms with Gasteiger partial charge in [0.15, 0.2) is 0 Å². The van der Waals surface area contributed by atoms with Gasteiger partial charge in [0.05, 0.1) is 25.3 Å². The highest BCUT2D eigenvalue weighted by atomic mass is 16.5. The molecule has 1 aromatic rings. The van der Waals surface area contributed by atoms with E-state index >= 15 is 0 Å². The molecule has 4 N–H and O–H groups in total. The topological polar surface area (TPSA) is 91.2 Å². The molecule has 0 radical (unpaired) electrons. The largest absolute Gasteiger partial charge is 0.469 e. The molecule has 0 aliphatic heterocycles. The zero-order valence-corrected chi connectivity index (χ0v) is 7.93. The van der Waals surface area contributed by atoms with Gasteiger partial charge in [-0.05, 0) is 12.1 Å². The molecule has 1 heterocycles. The lowest BCUT2D eigenvalue weighted by atomic mass is 10.1. The SMILES string of the molecule is COC(=O)C[C@@H](N)c1cccc(N)n1. The van der Waals surface area contributed by atoms with Gasteiger partial charge in [0.1, 0.15) is 5.82 Å². The van der Waals surface area contributed by atoms with Crippen LogP contribution in [0.3, 0.4) is 0 Å². The highest BCUT2D eigenvalue weighted by Gasteiger charge is 2.12. The maximum absolute atomic E-state index is 10.9. The second kappa shape index (κ2) is 4.57. The van der Waals surface area contributed by atoms with Crippen molar-refractivity contribution >= 4 is 11.8 Å². The van der Waals surface area contributed by atoms with Crippen molar-refractivity contribution in [2.45, 2.75) is 12.5 Å². The molecule has 5 heteroatoms. The summed E-state index contributed by atoms with van der Waals surface area (Å²) in [5.41, 5.74) is 11.8. The molecule has 76 valence electrons. The van der Waals surface area contributed by atoms with Crippen molar-refractivity contribution in [1.82, 2.24) is 4.98 Å². The van der Waals surface area contributed by atoms with Crippen molar-refractivity contribution in [1.29, 1.82) is 0 Å². The fraction of sp³-hybridized carbons (Fsp3) is 0.333. The Morgan fingerprint density at radius 1 is 1.64 bits per heavy atom. The summed E-state index contributed by atoms with van der Waals surface area (Å²) in [7, 11) is 1.32. The van der Waals surface area contributed by atoms with Gasteiger partial charge in [-0.25, -0.2) is 4.98 Å². The standard InChI is InChI=1S/C9H13N3O2/c1-14-9(13)5-6(10)7-3-2-4-8(11)12-7/h2-4,6H,5,10H2,1H3,(H2,11,12)/t6-/m1/s1. The highest BCUT2D eigenvalue weighted by molar-refractivity contribution is 5.70. The first-order valence-corrected chi connectivity index (χ1v) is 4.18. The predicted octanol–water partition coefficient (Wildman–Crippen LogP) is 0.227. The summed E-state index contributed by atoms with van der Waals surface area (Å²) >= 11 is 0. The van der Waals surface area contributed by atoms with E-state index in [4.69, 9.17) is 11.5 Å². The number of rotatable bonds is 3. The van der Waals surface area contributed by atoms with E-state index in [1.54, 1.807) is 18.2 Å². The van der Waals surface area contributed by atoms with E-state index in [0.29, 0.717) is 11.5 Å². The van der Waals surface area contributed by atoms with E-state index in [9.17, 15) is 4.79 Å². The van der Waals surface area contributed by atoms with Gasteiger partial charge < -0.3 is 16.2 Å². The van der Waals surface area contributed by atoms with Crippen LogP contribution in [0, 0.1) is 0 Å². The maximum Gasteiger partial charge on any atom is 0.307 e. The molecular weight excluding hydrogens is 182 g/mol. The van der Waals surface area contributed by atoms with Gasteiger partial charge in [0.25, 0.3) is 0 Å². The number of carbonyl (C=O) groups excluding carboxylic acids is 1. The predicted molar refractivity (Wildman–Crippen MR) is 52.2 cm³/mol. The van der Waals surface area contributed by atoms with E-state index in [-0.39, 0.29) is 12.4 Å². The van der Waals surface area contributed by atoms with Crippen LogP contribution in [0.4, 0.5) is 5.82 Å². The molecule has 0 fully saturated rings. The summed E-state index contributed by atoms with van der Waals surface area (Å²) in [6.45, 7) is 0. The Labute approximate surface area is 82.1 Å². The Morgan fingerprint density at radius 2 is 2.36 bits per heavy atom. The van der Waals surface area contributed by atoms with Crippen LogP contribution in [-0.4, -0.2) is 18.1 Å². The molecule has 0 spiro atoms. The van der Waals surface area contributed by atoms with Crippen molar-refractivity contribution < 1.29 is 9.53 Å². The molecule has 0 bridgehead atoms. The first-order valence-electron chi connectivity index (χ1n) is 4.18. The van der Waals surface area contributed by atoms with Crippen LogP contribution >= 0.6 is 0 Å². The fourth-order valence-corrected chi connectivity index (χ4v) is 1.04. The van der Waals surface area contributed by atoms with Crippen LogP contribution in [0.1, 0.15) is 18.2 Å². The van der Waals surface area contributed by atoms with Crippen LogP contribution in [-0.2, 0) is 9.53 Å². The minimum absolute atomic E-state index is 0.104. The summed E-state index contributed by atoms with van der Waals surface area (Å²) in [6.07, 6.45) is 0.104. The van der Waals surface area contributed by atoms with Crippen LogP contribution in [0.15, 0.2) is 18.2 Å². The lowest BCUT2D eigenvalue weighted by molar-refractivity contribution is -0.141. The third-order valence-corrected chi connectivity index (χ3v) is 1.79. The van der Waals surface area contributed by atoms with Crippen molar-refractivity contribution in [2.24, 2.45) is 5.73 Å². The smallest absolute Gasteiger partial charge is 0.307 e. The quantitative estimate of drug-likeness (QED) is 0.673. The first kappa shape index (κ1) is 10.5. The lowest BCUT2D eigenvalue weighted by Gasteiger charge is -2.09. The van der Waals surface area contributed by atoms with Crippen molar-refractivity contribution in [3.8, 4) is 0 Å². The Kier molecular flexibility index (Phi) is 3.41. The number of ether oxygens (including phenoxy) is 1. The Morgan fingerprint density at radius 3 is 2.93 bits per heavy atom. The van der Waals surface area contributed by atoms with Gasteiger partial charge in [-0.1, -0.05) is 6.07 Å². The number of nitrogens with zero attached hydrogens (tertiary/aromatic N) is 1. The molecule has 1 aromatic heterocycles. The molecule has 0 aliphatic rings. The number of anilines is 1. The molecule has 0 unspecified atom stereocenters. The third kappa shape index (κ3) is 2.70. The second-order valence-corrected chi connectivity index (χ2v) is 2.87. The van der Waals surface area contributed by atoms with Crippen molar-refractivity contribution in [2.75, 3.05) is 12.8 Å². The van der Waals surface area contributed by atoms with Gasteiger partial charge in [0, 0.05) is 0 Å². The molecule has 5 nitrogen and oxygen atoms in total.